The molecule has 1 aliphatic carbocycles. The Bertz CT molecular complexity index is 476. The van der Waals surface area contributed by atoms with E-state index in [4.69, 9.17) is 0 Å². The molecule has 0 amide bonds. The third-order valence-electron chi connectivity index (χ3n) is 6.86. The molecule has 0 bridgehead atoms. The Labute approximate surface area is 158 Å². The number of hydrogen-bond acceptors (Lipinski definition) is 2. The van der Waals surface area contributed by atoms with Crippen molar-refractivity contribution in [1.29, 1.82) is 0 Å². The number of halogens is 2. The van der Waals surface area contributed by atoms with Gasteiger partial charge in [-0.2, -0.15) is 0 Å². The first-order valence-corrected chi connectivity index (χ1v) is 10.7. The lowest BCUT2D eigenvalue weighted by atomic mass is 9.70. The summed E-state index contributed by atoms with van der Waals surface area (Å²) in [5.41, 5.74) is 0. The molecule has 0 radical (unpaired) electrons. The molecule has 0 aromatic carbocycles. The molecule has 2 heterocycles. The van der Waals surface area contributed by atoms with Crippen LogP contribution in [0.3, 0.4) is 0 Å². The number of alkyl halides is 2. The molecule has 26 heavy (non-hydrogen) atoms. The van der Waals surface area contributed by atoms with Crippen molar-refractivity contribution >= 4 is 0 Å². The third-order valence-corrected chi connectivity index (χ3v) is 6.86. The SMILES string of the molecule is CC(C#CC1CC(CC2CCN(CC3CCN(C)CC3)CC2)C1)C(F)F. The second-order valence-corrected chi connectivity index (χ2v) is 9.17. The van der Waals surface area contributed by atoms with Crippen molar-refractivity contribution < 1.29 is 8.78 Å². The minimum absolute atomic E-state index is 0.380. The quantitative estimate of drug-likeness (QED) is 0.667. The standard InChI is InChI=1S/C22H36F2N2/c1-17(22(23)24)3-4-20-14-21(15-20)13-18-7-11-26(12-8-18)16-19-5-9-25(2)10-6-19/h17-22H,5-16H2,1-2H3. The molecule has 0 aromatic heterocycles. The van der Waals surface area contributed by atoms with Crippen LogP contribution in [0.5, 0.6) is 0 Å². The van der Waals surface area contributed by atoms with Crippen LogP contribution in [0.15, 0.2) is 0 Å². The normalized spacial score (nSPS) is 30.7. The summed E-state index contributed by atoms with van der Waals surface area (Å²) in [4.78, 5) is 5.15. The van der Waals surface area contributed by atoms with E-state index in [1.807, 2.05) is 0 Å². The van der Waals surface area contributed by atoms with Crippen molar-refractivity contribution in [3.63, 3.8) is 0 Å². The summed E-state index contributed by atoms with van der Waals surface area (Å²) in [6.45, 7) is 7.92. The van der Waals surface area contributed by atoms with E-state index in [9.17, 15) is 8.78 Å². The van der Waals surface area contributed by atoms with Crippen LogP contribution in [0.4, 0.5) is 8.78 Å². The van der Waals surface area contributed by atoms with Crippen LogP contribution in [-0.4, -0.2) is 56.0 Å². The lowest BCUT2D eigenvalue weighted by molar-refractivity contribution is 0.106. The van der Waals surface area contributed by atoms with Crippen molar-refractivity contribution in [2.24, 2.45) is 29.6 Å². The molecule has 3 rings (SSSR count). The van der Waals surface area contributed by atoms with Crippen LogP contribution in [0.25, 0.3) is 0 Å². The van der Waals surface area contributed by atoms with Gasteiger partial charge in [-0.05, 0) is 103 Å². The number of hydrogen-bond donors (Lipinski definition) is 0. The van der Waals surface area contributed by atoms with Gasteiger partial charge < -0.3 is 9.80 Å². The van der Waals surface area contributed by atoms with Gasteiger partial charge in [-0.3, -0.25) is 0 Å². The fourth-order valence-corrected chi connectivity index (χ4v) is 4.84. The third kappa shape index (κ3) is 5.92. The van der Waals surface area contributed by atoms with E-state index in [2.05, 4.69) is 28.7 Å². The lowest BCUT2D eigenvalue weighted by Gasteiger charge is -2.39. The van der Waals surface area contributed by atoms with Crippen LogP contribution in [0, 0.1) is 41.4 Å². The summed E-state index contributed by atoms with van der Waals surface area (Å²) in [6.07, 6.45) is 6.74. The maximum absolute atomic E-state index is 12.5. The minimum atomic E-state index is -2.31. The van der Waals surface area contributed by atoms with Gasteiger partial charge in [0.25, 0.3) is 6.43 Å². The summed E-state index contributed by atoms with van der Waals surface area (Å²) >= 11 is 0. The first kappa shape index (κ1) is 20.1. The van der Waals surface area contributed by atoms with Gasteiger partial charge in [-0.1, -0.05) is 11.8 Å². The second kappa shape index (κ2) is 9.51. The predicted molar refractivity (Wildman–Crippen MR) is 103 cm³/mol. The Kier molecular flexibility index (Phi) is 7.35. The van der Waals surface area contributed by atoms with Gasteiger partial charge in [-0.15, -0.1) is 0 Å². The summed E-state index contributed by atoms with van der Waals surface area (Å²) < 4.78 is 24.9. The highest BCUT2D eigenvalue weighted by atomic mass is 19.3. The van der Waals surface area contributed by atoms with Gasteiger partial charge in [-0.25, -0.2) is 8.78 Å². The van der Waals surface area contributed by atoms with Crippen LogP contribution in [0.1, 0.15) is 51.9 Å². The largest absolute Gasteiger partial charge is 0.306 e. The van der Waals surface area contributed by atoms with Gasteiger partial charge in [0.2, 0.25) is 0 Å². The minimum Gasteiger partial charge on any atom is -0.306 e. The van der Waals surface area contributed by atoms with Gasteiger partial charge in [0, 0.05) is 12.5 Å². The summed E-state index contributed by atoms with van der Waals surface area (Å²) in [7, 11) is 2.23. The van der Waals surface area contributed by atoms with Crippen LogP contribution in [0.2, 0.25) is 0 Å². The predicted octanol–water partition coefficient (Wildman–Crippen LogP) is 4.36. The van der Waals surface area contributed by atoms with Crippen molar-refractivity contribution in [2.45, 2.75) is 58.3 Å². The molecule has 0 spiro atoms. The average Bonchev–Trinajstić information content (AvgIpc) is 2.60. The van der Waals surface area contributed by atoms with Gasteiger partial charge in [0.05, 0.1) is 5.92 Å². The fourth-order valence-electron chi connectivity index (χ4n) is 4.84. The molecule has 148 valence electrons. The zero-order valence-electron chi connectivity index (χ0n) is 16.6. The molecule has 1 saturated carbocycles. The molecular formula is C22H36F2N2. The molecular weight excluding hydrogens is 330 g/mol. The maximum atomic E-state index is 12.5. The second-order valence-electron chi connectivity index (χ2n) is 9.17. The molecule has 0 aromatic rings. The van der Waals surface area contributed by atoms with Gasteiger partial charge in [0.15, 0.2) is 0 Å². The molecule has 1 unspecified atom stereocenters. The maximum Gasteiger partial charge on any atom is 0.251 e. The lowest BCUT2D eigenvalue weighted by Crippen LogP contribution is -2.41. The number of likely N-dealkylation sites (tertiary alicyclic amines) is 2. The van der Waals surface area contributed by atoms with E-state index < -0.39 is 12.3 Å². The van der Waals surface area contributed by atoms with Crippen molar-refractivity contribution in [2.75, 3.05) is 39.8 Å². The highest BCUT2D eigenvalue weighted by Gasteiger charge is 2.31. The molecule has 2 saturated heterocycles. The monoisotopic (exact) mass is 366 g/mol. The fraction of sp³-hybridized carbons (Fsp3) is 0.909. The molecule has 4 heteroatoms. The van der Waals surface area contributed by atoms with Gasteiger partial charge >= 0.3 is 0 Å². The van der Waals surface area contributed by atoms with Crippen LogP contribution in [-0.2, 0) is 0 Å². The number of piperidine rings is 2. The summed E-state index contributed by atoms with van der Waals surface area (Å²) in [6, 6.07) is 0. The zero-order valence-corrected chi connectivity index (χ0v) is 16.6. The van der Waals surface area contributed by atoms with E-state index >= 15 is 0 Å². The van der Waals surface area contributed by atoms with E-state index in [0.29, 0.717) is 5.92 Å². The van der Waals surface area contributed by atoms with E-state index in [1.54, 1.807) is 0 Å². The molecule has 2 nitrogen and oxygen atoms in total. The Morgan fingerprint density at radius 1 is 0.923 bits per heavy atom. The first-order valence-electron chi connectivity index (χ1n) is 10.7. The number of nitrogens with zero attached hydrogens (tertiary/aromatic N) is 2. The molecule has 3 fully saturated rings. The molecule has 0 N–H and O–H groups in total. The highest BCUT2D eigenvalue weighted by molar-refractivity contribution is 5.10. The average molecular weight is 367 g/mol. The molecule has 3 aliphatic rings. The Morgan fingerprint density at radius 3 is 2.15 bits per heavy atom. The molecule has 2 aliphatic heterocycles. The van der Waals surface area contributed by atoms with Crippen LogP contribution < -0.4 is 0 Å². The topological polar surface area (TPSA) is 6.48 Å². The highest BCUT2D eigenvalue weighted by Crippen LogP contribution is 2.40. The zero-order chi connectivity index (χ0) is 18.5. The number of rotatable bonds is 5. The first-order chi connectivity index (χ1) is 12.5. The Balaban J connectivity index is 1.28. The van der Waals surface area contributed by atoms with E-state index in [-0.39, 0.29) is 0 Å². The Hall–Kier alpha value is -0.660. The van der Waals surface area contributed by atoms with E-state index in [0.717, 1.165) is 30.6 Å². The van der Waals surface area contributed by atoms with Gasteiger partial charge in [0.1, 0.15) is 0 Å². The van der Waals surface area contributed by atoms with Crippen molar-refractivity contribution in [3.05, 3.63) is 0 Å². The Morgan fingerprint density at radius 2 is 1.54 bits per heavy atom. The summed E-state index contributed by atoms with van der Waals surface area (Å²) in [5.74, 6) is 8.01. The summed E-state index contributed by atoms with van der Waals surface area (Å²) in [5, 5.41) is 0. The smallest absolute Gasteiger partial charge is 0.251 e. The van der Waals surface area contributed by atoms with Crippen LogP contribution >= 0.6 is 0 Å². The van der Waals surface area contributed by atoms with Crippen molar-refractivity contribution in [1.82, 2.24) is 9.80 Å². The molecule has 1 atom stereocenters. The van der Waals surface area contributed by atoms with Crippen molar-refractivity contribution in [3.8, 4) is 11.8 Å². The van der Waals surface area contributed by atoms with E-state index in [1.165, 1.54) is 71.8 Å².